The van der Waals surface area contributed by atoms with E-state index in [4.69, 9.17) is 9.47 Å². The third-order valence-electron chi connectivity index (χ3n) is 5.84. The zero-order chi connectivity index (χ0) is 27.4. The molecule has 4 aromatic rings. The molecule has 0 unspecified atom stereocenters. The summed E-state index contributed by atoms with van der Waals surface area (Å²) in [7, 11) is 0. The Morgan fingerprint density at radius 2 is 1.74 bits per heavy atom. The van der Waals surface area contributed by atoms with Crippen LogP contribution in [0.15, 0.2) is 54.7 Å². The van der Waals surface area contributed by atoms with Crippen LogP contribution >= 0.6 is 0 Å². The largest absolute Gasteiger partial charge is 0.485 e. The number of anilines is 1. The Balaban J connectivity index is 1.52. The normalized spacial score (nSPS) is 11.4. The van der Waals surface area contributed by atoms with E-state index in [0.717, 1.165) is 28.2 Å². The molecule has 2 aromatic heterocycles. The minimum Gasteiger partial charge on any atom is -0.485 e. The quantitative estimate of drug-likeness (QED) is 0.278. The number of imidazole rings is 1. The molecule has 0 radical (unpaired) electrons. The Morgan fingerprint density at radius 1 is 1.03 bits per heavy atom. The minimum absolute atomic E-state index is 0.131. The highest BCUT2D eigenvalue weighted by molar-refractivity contribution is 5.68. The number of pyridine rings is 1. The first-order chi connectivity index (χ1) is 18.0. The number of aromatic nitrogens is 2. The molecule has 2 heterocycles. The van der Waals surface area contributed by atoms with Gasteiger partial charge >= 0.3 is 6.09 Å². The number of para-hydroxylation sites is 1. The van der Waals surface area contributed by atoms with Crippen molar-refractivity contribution >= 4 is 17.4 Å². The molecule has 0 saturated carbocycles. The van der Waals surface area contributed by atoms with Crippen molar-refractivity contribution in [2.75, 3.05) is 5.32 Å². The van der Waals surface area contributed by atoms with Crippen LogP contribution in [0.4, 0.5) is 19.3 Å². The second-order valence-corrected chi connectivity index (χ2v) is 10.1. The van der Waals surface area contributed by atoms with Crippen molar-refractivity contribution in [3.8, 4) is 5.75 Å². The fraction of sp³-hybridized carbons (Fsp3) is 0.310. The Kier molecular flexibility index (Phi) is 7.85. The zero-order valence-corrected chi connectivity index (χ0v) is 22.2. The van der Waals surface area contributed by atoms with Gasteiger partial charge in [-0.15, -0.1) is 0 Å². The minimum atomic E-state index is -0.655. The van der Waals surface area contributed by atoms with Gasteiger partial charge in [-0.3, -0.25) is 4.40 Å². The van der Waals surface area contributed by atoms with Gasteiger partial charge in [0.1, 0.15) is 23.8 Å². The summed E-state index contributed by atoms with van der Waals surface area (Å²) in [5, 5.41) is 6.23. The summed E-state index contributed by atoms with van der Waals surface area (Å²) in [6, 6.07) is 13.2. The Morgan fingerprint density at radius 3 is 2.45 bits per heavy atom. The molecule has 200 valence electrons. The maximum Gasteiger partial charge on any atom is 0.407 e. The molecule has 0 atom stereocenters. The topological polar surface area (TPSA) is 76.9 Å². The van der Waals surface area contributed by atoms with E-state index in [9.17, 15) is 13.6 Å². The summed E-state index contributed by atoms with van der Waals surface area (Å²) < 4.78 is 41.3. The molecule has 4 rings (SSSR count). The summed E-state index contributed by atoms with van der Waals surface area (Å²) in [4.78, 5) is 16.8. The van der Waals surface area contributed by atoms with Gasteiger partial charge in [0.15, 0.2) is 11.4 Å². The van der Waals surface area contributed by atoms with Crippen molar-refractivity contribution in [1.29, 1.82) is 0 Å². The number of halogens is 2. The molecule has 0 bridgehead atoms. The molecule has 0 aliphatic rings. The number of hydrogen-bond donors (Lipinski definition) is 2. The van der Waals surface area contributed by atoms with Gasteiger partial charge in [0.05, 0.1) is 23.5 Å². The SMILES string of the molecule is Cc1cc(OCc2c(F)cccc2F)c2nc(C)c(CNc3ccccc3CNC(=O)OC(C)(C)C)n2c1. The van der Waals surface area contributed by atoms with Gasteiger partial charge in [0, 0.05) is 18.4 Å². The van der Waals surface area contributed by atoms with E-state index in [2.05, 4.69) is 15.6 Å². The van der Waals surface area contributed by atoms with Crippen LogP contribution in [0, 0.1) is 25.5 Å². The second-order valence-electron chi connectivity index (χ2n) is 10.1. The highest BCUT2D eigenvalue weighted by atomic mass is 19.1. The van der Waals surface area contributed by atoms with E-state index < -0.39 is 23.3 Å². The average Bonchev–Trinajstić information content (AvgIpc) is 3.15. The highest BCUT2D eigenvalue weighted by Gasteiger charge is 2.18. The molecular formula is C29H32F2N4O3. The average molecular weight is 523 g/mol. The number of fused-ring (bicyclic) bond motifs is 1. The predicted molar refractivity (Wildman–Crippen MR) is 142 cm³/mol. The number of carbonyl (C=O) groups excluding carboxylic acids is 1. The number of hydrogen-bond acceptors (Lipinski definition) is 5. The van der Waals surface area contributed by atoms with Crippen molar-refractivity contribution in [3.63, 3.8) is 0 Å². The standard InChI is InChI=1S/C29H32F2N4O3/c1-18-13-26(37-17-21-22(30)10-8-11-23(21)31)27-34-19(2)25(35(27)16-18)15-32-24-12-7-6-9-20(24)14-33-28(36)38-29(3,4)5/h6-13,16,32H,14-15,17H2,1-5H3,(H,33,36). The van der Waals surface area contributed by atoms with Gasteiger partial charge in [-0.25, -0.2) is 18.6 Å². The Bertz CT molecular complexity index is 1440. The fourth-order valence-corrected chi connectivity index (χ4v) is 4.05. The van der Waals surface area contributed by atoms with E-state index in [-0.39, 0.29) is 12.2 Å². The van der Waals surface area contributed by atoms with E-state index in [1.807, 2.05) is 69.5 Å². The van der Waals surface area contributed by atoms with Crippen molar-refractivity contribution in [2.45, 2.75) is 59.9 Å². The molecule has 0 fully saturated rings. The number of carbonyl (C=O) groups is 1. The van der Waals surface area contributed by atoms with Crippen LogP contribution in [-0.2, 0) is 24.4 Å². The van der Waals surface area contributed by atoms with E-state index in [1.165, 1.54) is 18.2 Å². The van der Waals surface area contributed by atoms with Gasteiger partial charge in [-0.2, -0.15) is 0 Å². The number of benzene rings is 2. The third-order valence-corrected chi connectivity index (χ3v) is 5.84. The lowest BCUT2D eigenvalue weighted by Crippen LogP contribution is -2.32. The van der Waals surface area contributed by atoms with Crippen molar-refractivity contribution in [2.24, 2.45) is 0 Å². The monoisotopic (exact) mass is 522 g/mol. The van der Waals surface area contributed by atoms with Gasteiger partial charge < -0.3 is 20.1 Å². The number of rotatable bonds is 8. The molecule has 0 aliphatic heterocycles. The number of aryl methyl sites for hydroxylation is 2. The summed E-state index contributed by atoms with van der Waals surface area (Å²) in [5.41, 5.74) is 4.20. The molecule has 38 heavy (non-hydrogen) atoms. The Labute approximate surface area is 220 Å². The van der Waals surface area contributed by atoms with Crippen LogP contribution in [0.2, 0.25) is 0 Å². The number of ether oxygens (including phenoxy) is 2. The number of amides is 1. The van der Waals surface area contributed by atoms with E-state index >= 15 is 0 Å². The molecule has 1 amide bonds. The summed E-state index contributed by atoms with van der Waals surface area (Å²) in [6.07, 6.45) is 1.46. The number of nitrogens with zero attached hydrogens (tertiary/aromatic N) is 2. The summed E-state index contributed by atoms with van der Waals surface area (Å²) in [5.74, 6) is -0.875. The highest BCUT2D eigenvalue weighted by Crippen LogP contribution is 2.27. The number of alkyl carbamates (subject to hydrolysis) is 1. The van der Waals surface area contributed by atoms with Crippen molar-refractivity contribution in [3.05, 3.63) is 94.4 Å². The molecule has 0 saturated heterocycles. The molecule has 2 N–H and O–H groups in total. The number of nitrogens with one attached hydrogen (secondary N) is 2. The molecule has 0 aliphatic carbocycles. The van der Waals surface area contributed by atoms with Crippen LogP contribution in [0.3, 0.4) is 0 Å². The molecule has 7 nitrogen and oxygen atoms in total. The maximum atomic E-state index is 14.1. The lowest BCUT2D eigenvalue weighted by atomic mass is 10.1. The molecular weight excluding hydrogens is 490 g/mol. The third kappa shape index (κ3) is 6.40. The lowest BCUT2D eigenvalue weighted by molar-refractivity contribution is 0.0523. The second kappa shape index (κ2) is 11.1. The van der Waals surface area contributed by atoms with Crippen LogP contribution in [0.25, 0.3) is 5.65 Å². The van der Waals surface area contributed by atoms with Crippen molar-refractivity contribution < 1.29 is 23.0 Å². The molecule has 0 spiro atoms. The first-order valence-electron chi connectivity index (χ1n) is 12.3. The Hall–Kier alpha value is -4.14. The van der Waals surface area contributed by atoms with Crippen LogP contribution in [0.5, 0.6) is 5.75 Å². The van der Waals surface area contributed by atoms with Crippen LogP contribution < -0.4 is 15.4 Å². The molecule has 9 heteroatoms. The molecule has 2 aromatic carbocycles. The van der Waals surface area contributed by atoms with Gasteiger partial charge in [0.2, 0.25) is 0 Å². The van der Waals surface area contributed by atoms with Crippen LogP contribution in [0.1, 0.15) is 48.8 Å². The zero-order valence-electron chi connectivity index (χ0n) is 22.2. The smallest absolute Gasteiger partial charge is 0.407 e. The predicted octanol–water partition coefficient (Wildman–Crippen LogP) is 6.45. The summed E-state index contributed by atoms with van der Waals surface area (Å²) >= 11 is 0. The van der Waals surface area contributed by atoms with Crippen LogP contribution in [-0.4, -0.2) is 21.1 Å². The summed E-state index contributed by atoms with van der Waals surface area (Å²) in [6.45, 7) is 9.75. The van der Waals surface area contributed by atoms with Gasteiger partial charge in [-0.1, -0.05) is 24.3 Å². The van der Waals surface area contributed by atoms with Gasteiger partial charge in [0.25, 0.3) is 0 Å². The van der Waals surface area contributed by atoms with Gasteiger partial charge in [-0.05, 0) is 70.0 Å². The first kappa shape index (κ1) is 26.9. The van der Waals surface area contributed by atoms with E-state index in [0.29, 0.717) is 24.5 Å². The fourth-order valence-electron chi connectivity index (χ4n) is 4.05. The van der Waals surface area contributed by atoms with E-state index in [1.54, 1.807) is 6.07 Å². The van der Waals surface area contributed by atoms with Crippen molar-refractivity contribution in [1.82, 2.24) is 14.7 Å². The maximum absolute atomic E-state index is 14.1. The lowest BCUT2D eigenvalue weighted by Gasteiger charge is -2.20. The first-order valence-corrected chi connectivity index (χ1v) is 12.3.